The van der Waals surface area contributed by atoms with Crippen molar-refractivity contribution in [3.63, 3.8) is 0 Å². The van der Waals surface area contributed by atoms with Crippen molar-refractivity contribution >= 4 is 40.6 Å². The number of imide groups is 1. The molecule has 2 aromatic heterocycles. The van der Waals surface area contributed by atoms with Crippen molar-refractivity contribution in [2.75, 3.05) is 4.90 Å². The minimum Gasteiger partial charge on any atom is -0.307 e. The second kappa shape index (κ2) is 7.06. The van der Waals surface area contributed by atoms with Gasteiger partial charge in [0.05, 0.1) is 22.2 Å². The molecular weight excluding hydrogens is 451 g/mol. The van der Waals surface area contributed by atoms with Crippen LogP contribution in [-0.4, -0.2) is 27.0 Å². The second-order valence-electron chi connectivity index (χ2n) is 7.06. The molecule has 0 aliphatic carbocycles. The van der Waals surface area contributed by atoms with Gasteiger partial charge in [-0.1, -0.05) is 41.3 Å². The zero-order valence-corrected chi connectivity index (χ0v) is 17.1. The van der Waals surface area contributed by atoms with Crippen molar-refractivity contribution in [3.05, 3.63) is 74.5 Å². The number of benzene rings is 1. The molecule has 1 fully saturated rings. The Morgan fingerprint density at radius 1 is 1.03 bits per heavy atom. The summed E-state index contributed by atoms with van der Waals surface area (Å²) in [5.41, 5.74) is -0.926. The number of alkyl halides is 3. The first-order valence-electron chi connectivity index (χ1n) is 9.11. The SMILES string of the molecule is O=C1C2Sc3[nH]c(=O)sc3C(c3cccnc3)C2C(=O)N1c1ccccc1C(F)(F)F. The summed E-state index contributed by atoms with van der Waals surface area (Å²) >= 11 is 1.94. The molecule has 0 bridgehead atoms. The third kappa shape index (κ3) is 3.10. The zero-order chi connectivity index (χ0) is 21.9. The maximum atomic E-state index is 13.6. The van der Waals surface area contributed by atoms with Gasteiger partial charge in [0.25, 0.3) is 0 Å². The number of hydrogen-bond donors (Lipinski definition) is 1. The van der Waals surface area contributed by atoms with E-state index in [4.69, 9.17) is 0 Å². The summed E-state index contributed by atoms with van der Waals surface area (Å²) in [7, 11) is 0. The van der Waals surface area contributed by atoms with Crippen molar-refractivity contribution in [1.82, 2.24) is 9.97 Å². The van der Waals surface area contributed by atoms with E-state index in [2.05, 4.69) is 9.97 Å². The van der Waals surface area contributed by atoms with Crippen molar-refractivity contribution in [2.24, 2.45) is 5.92 Å². The van der Waals surface area contributed by atoms with Crippen molar-refractivity contribution < 1.29 is 22.8 Å². The lowest BCUT2D eigenvalue weighted by molar-refractivity contribution is -0.137. The highest BCUT2D eigenvalue weighted by Gasteiger charge is 2.57. The molecule has 3 aromatic rings. The highest BCUT2D eigenvalue weighted by molar-refractivity contribution is 8.00. The predicted octanol–water partition coefficient (Wildman–Crippen LogP) is 3.65. The molecule has 1 N–H and O–H groups in total. The molecule has 0 saturated carbocycles. The zero-order valence-electron chi connectivity index (χ0n) is 15.4. The highest BCUT2D eigenvalue weighted by atomic mass is 32.2. The first-order valence-corrected chi connectivity index (χ1v) is 10.8. The molecule has 158 valence electrons. The molecule has 5 rings (SSSR count). The molecule has 11 heteroatoms. The standard InChI is InChI=1S/C20H12F3N3O3S2/c21-20(22,23)10-5-1-2-6-11(10)26-17(27)13-12(9-4-3-7-24-8-9)14-16(25-19(29)31-14)30-15(13)18(26)28/h1-8,12-13,15H,(H,25,29). The van der Waals surface area contributed by atoms with Gasteiger partial charge in [-0.2, -0.15) is 13.2 Å². The molecule has 1 aromatic carbocycles. The lowest BCUT2D eigenvalue weighted by atomic mass is 9.84. The van der Waals surface area contributed by atoms with E-state index in [-0.39, 0.29) is 4.87 Å². The van der Waals surface area contributed by atoms with E-state index < -0.39 is 46.3 Å². The molecule has 2 amide bonds. The smallest absolute Gasteiger partial charge is 0.307 e. The Bertz CT molecular complexity index is 1260. The normalized spacial score (nSPS) is 23.1. The van der Waals surface area contributed by atoms with Gasteiger partial charge in [0, 0.05) is 23.2 Å². The van der Waals surface area contributed by atoms with Crippen LogP contribution in [-0.2, 0) is 15.8 Å². The van der Waals surface area contributed by atoms with Crippen LogP contribution in [0.1, 0.15) is 21.9 Å². The predicted molar refractivity (Wildman–Crippen MR) is 108 cm³/mol. The average molecular weight is 463 g/mol. The number of thioether (sulfide) groups is 1. The third-order valence-electron chi connectivity index (χ3n) is 5.32. The maximum Gasteiger partial charge on any atom is 0.418 e. The molecule has 2 aliphatic rings. The molecule has 1 saturated heterocycles. The van der Waals surface area contributed by atoms with Gasteiger partial charge >= 0.3 is 11.0 Å². The van der Waals surface area contributed by atoms with Gasteiger partial charge in [-0.05, 0) is 23.8 Å². The van der Waals surface area contributed by atoms with Crippen LogP contribution >= 0.6 is 23.1 Å². The number of nitrogens with zero attached hydrogens (tertiary/aromatic N) is 2. The van der Waals surface area contributed by atoms with Crippen LogP contribution in [0.15, 0.2) is 58.6 Å². The summed E-state index contributed by atoms with van der Waals surface area (Å²) in [6.07, 6.45) is -1.65. The number of thiazole rings is 1. The summed E-state index contributed by atoms with van der Waals surface area (Å²) in [5.74, 6) is -3.08. The fraction of sp³-hybridized carbons (Fsp3) is 0.200. The van der Waals surface area contributed by atoms with Crippen LogP contribution in [0.5, 0.6) is 0 Å². The van der Waals surface area contributed by atoms with Crippen LogP contribution in [0.4, 0.5) is 18.9 Å². The Labute approximate surface area is 181 Å². The van der Waals surface area contributed by atoms with Crippen LogP contribution in [0, 0.1) is 5.92 Å². The highest BCUT2D eigenvalue weighted by Crippen LogP contribution is 2.53. The van der Waals surface area contributed by atoms with E-state index in [1.807, 2.05) is 0 Å². The molecule has 6 nitrogen and oxygen atoms in total. The van der Waals surface area contributed by atoms with Gasteiger partial charge in [-0.25, -0.2) is 4.90 Å². The summed E-state index contributed by atoms with van der Waals surface area (Å²) in [4.78, 5) is 46.3. The Kier molecular flexibility index (Phi) is 4.56. The fourth-order valence-corrected chi connectivity index (χ4v) is 6.60. The molecule has 0 radical (unpaired) electrons. The van der Waals surface area contributed by atoms with E-state index in [1.165, 1.54) is 18.3 Å². The Hall–Kier alpha value is -2.92. The van der Waals surface area contributed by atoms with Crippen molar-refractivity contribution in [3.8, 4) is 0 Å². The summed E-state index contributed by atoms with van der Waals surface area (Å²) in [6, 6.07) is 7.92. The number of aromatic amines is 1. The quantitative estimate of drug-likeness (QED) is 0.587. The first-order chi connectivity index (χ1) is 14.8. The number of pyridine rings is 1. The topological polar surface area (TPSA) is 83.1 Å². The summed E-state index contributed by atoms with van der Waals surface area (Å²) in [6.45, 7) is 0. The van der Waals surface area contributed by atoms with E-state index in [0.29, 0.717) is 20.4 Å². The lowest BCUT2D eigenvalue weighted by Crippen LogP contribution is -2.33. The van der Waals surface area contributed by atoms with Gasteiger partial charge in [-0.3, -0.25) is 19.4 Å². The maximum absolute atomic E-state index is 13.6. The number of anilines is 1. The molecule has 31 heavy (non-hydrogen) atoms. The number of carbonyl (C=O) groups is 2. The number of halogens is 3. The second-order valence-corrected chi connectivity index (χ2v) is 9.23. The molecule has 3 atom stereocenters. The van der Waals surface area contributed by atoms with E-state index in [1.54, 1.807) is 18.3 Å². The van der Waals surface area contributed by atoms with Gasteiger partial charge < -0.3 is 4.98 Å². The van der Waals surface area contributed by atoms with Crippen LogP contribution in [0.2, 0.25) is 0 Å². The van der Waals surface area contributed by atoms with Crippen LogP contribution < -0.4 is 9.77 Å². The summed E-state index contributed by atoms with van der Waals surface area (Å²) < 4.78 is 40.7. The monoisotopic (exact) mass is 463 g/mol. The molecule has 3 unspecified atom stereocenters. The average Bonchev–Trinajstić information content (AvgIpc) is 3.23. The largest absolute Gasteiger partial charge is 0.418 e. The van der Waals surface area contributed by atoms with Crippen molar-refractivity contribution in [2.45, 2.75) is 22.4 Å². The van der Waals surface area contributed by atoms with Crippen LogP contribution in [0.3, 0.4) is 0 Å². The summed E-state index contributed by atoms with van der Waals surface area (Å²) in [5, 5.41) is -0.506. The van der Waals surface area contributed by atoms with Crippen LogP contribution in [0.25, 0.3) is 0 Å². The van der Waals surface area contributed by atoms with E-state index >= 15 is 0 Å². The Morgan fingerprint density at radius 2 is 1.81 bits per heavy atom. The number of fused-ring (bicyclic) bond motifs is 2. The number of hydrogen-bond acceptors (Lipinski definition) is 6. The number of amides is 2. The Morgan fingerprint density at radius 3 is 2.52 bits per heavy atom. The number of aromatic nitrogens is 2. The first kappa shape index (κ1) is 20.0. The van der Waals surface area contributed by atoms with Gasteiger partial charge in [-0.15, -0.1) is 0 Å². The van der Waals surface area contributed by atoms with Crippen molar-refractivity contribution in [1.29, 1.82) is 0 Å². The fourth-order valence-electron chi connectivity index (χ4n) is 4.08. The lowest BCUT2D eigenvalue weighted by Gasteiger charge is -2.29. The molecule has 2 aliphatic heterocycles. The number of para-hydroxylation sites is 1. The van der Waals surface area contributed by atoms with E-state index in [0.717, 1.165) is 35.2 Å². The third-order valence-corrected chi connectivity index (χ3v) is 7.72. The number of nitrogens with one attached hydrogen (secondary N) is 1. The number of carbonyl (C=O) groups excluding carboxylic acids is 2. The number of H-pyrrole nitrogens is 1. The molecular formula is C20H12F3N3O3S2. The van der Waals surface area contributed by atoms with Gasteiger partial charge in [0.2, 0.25) is 11.8 Å². The molecule has 4 heterocycles. The minimum absolute atomic E-state index is 0.328. The van der Waals surface area contributed by atoms with Gasteiger partial charge in [0.1, 0.15) is 5.25 Å². The minimum atomic E-state index is -4.73. The molecule has 0 spiro atoms. The van der Waals surface area contributed by atoms with E-state index in [9.17, 15) is 27.6 Å². The number of rotatable bonds is 2. The Balaban J connectivity index is 1.67. The van der Waals surface area contributed by atoms with Gasteiger partial charge in [0.15, 0.2) is 0 Å².